The first kappa shape index (κ1) is 21.1. The van der Waals surface area contributed by atoms with Gasteiger partial charge in [0.15, 0.2) is 11.6 Å². The molecule has 31 heavy (non-hydrogen) atoms. The number of halogens is 3. The zero-order valence-corrected chi connectivity index (χ0v) is 18.7. The van der Waals surface area contributed by atoms with Gasteiger partial charge >= 0.3 is 0 Å². The molecule has 4 aromatic rings. The molecule has 0 bridgehead atoms. The summed E-state index contributed by atoms with van der Waals surface area (Å²) in [4.78, 5) is 17.7. The van der Waals surface area contributed by atoms with Crippen molar-refractivity contribution in [2.45, 2.75) is 27.3 Å². The molecule has 0 aliphatic carbocycles. The molecular weight excluding hydrogens is 466 g/mol. The second-order valence-corrected chi connectivity index (χ2v) is 8.29. The van der Waals surface area contributed by atoms with E-state index in [0.29, 0.717) is 28.2 Å². The van der Waals surface area contributed by atoms with Crippen molar-refractivity contribution in [3.63, 3.8) is 0 Å². The minimum Gasteiger partial charge on any atom is -0.319 e. The van der Waals surface area contributed by atoms with Crippen molar-refractivity contribution >= 4 is 38.4 Å². The first-order valence-electron chi connectivity index (χ1n) is 9.59. The van der Waals surface area contributed by atoms with Gasteiger partial charge in [0.2, 0.25) is 0 Å². The molecule has 0 spiro atoms. The number of carbonyl (C=O) groups excluding carboxylic acids is 1. The second-order valence-electron chi connectivity index (χ2n) is 7.38. The topological polar surface area (TPSA) is 59.8 Å². The standard InChI is InChI=1S/C23H19BrF2N4O/c1-12-8-18(17-10-16(24)5-7-21(17)27-12)23(31)28-22-13(2)29-30(14(22)3)11-15-4-6-19(25)20(26)9-15/h4-10H,11H2,1-3H3,(H,28,31). The molecule has 158 valence electrons. The van der Waals surface area contributed by atoms with Gasteiger partial charge in [-0.25, -0.2) is 8.78 Å². The molecule has 1 N–H and O–H groups in total. The third-order valence-electron chi connectivity index (χ3n) is 5.08. The molecule has 0 saturated carbocycles. The van der Waals surface area contributed by atoms with Gasteiger partial charge < -0.3 is 5.32 Å². The summed E-state index contributed by atoms with van der Waals surface area (Å²) in [6, 6.07) is 11.1. The van der Waals surface area contributed by atoms with E-state index in [-0.39, 0.29) is 12.5 Å². The molecule has 0 aliphatic rings. The lowest BCUT2D eigenvalue weighted by Crippen LogP contribution is -2.14. The van der Waals surface area contributed by atoms with Crippen molar-refractivity contribution in [3.8, 4) is 0 Å². The molecular formula is C23H19BrF2N4O. The van der Waals surface area contributed by atoms with Gasteiger partial charge in [-0.05, 0) is 62.7 Å². The number of fused-ring (bicyclic) bond motifs is 1. The fourth-order valence-corrected chi connectivity index (χ4v) is 3.90. The van der Waals surface area contributed by atoms with E-state index in [0.717, 1.165) is 33.2 Å². The number of aromatic nitrogens is 3. The number of nitrogens with zero attached hydrogens (tertiary/aromatic N) is 3. The van der Waals surface area contributed by atoms with Crippen LogP contribution < -0.4 is 5.32 Å². The van der Waals surface area contributed by atoms with E-state index in [4.69, 9.17) is 0 Å². The van der Waals surface area contributed by atoms with Gasteiger partial charge in [-0.3, -0.25) is 14.5 Å². The fraction of sp³-hybridized carbons (Fsp3) is 0.174. The van der Waals surface area contributed by atoms with Gasteiger partial charge in [0, 0.05) is 15.6 Å². The Kier molecular flexibility index (Phi) is 5.58. The van der Waals surface area contributed by atoms with Crippen molar-refractivity contribution < 1.29 is 13.6 Å². The molecule has 8 heteroatoms. The average Bonchev–Trinajstić information content (AvgIpc) is 2.97. The highest BCUT2D eigenvalue weighted by molar-refractivity contribution is 9.10. The predicted molar refractivity (Wildman–Crippen MR) is 119 cm³/mol. The van der Waals surface area contributed by atoms with Crippen molar-refractivity contribution in [2.24, 2.45) is 0 Å². The van der Waals surface area contributed by atoms with Crippen LogP contribution in [0.15, 0.2) is 46.9 Å². The zero-order chi connectivity index (χ0) is 22.3. The molecule has 0 fully saturated rings. The predicted octanol–water partition coefficient (Wildman–Crippen LogP) is 5.70. The van der Waals surface area contributed by atoms with Crippen LogP contribution in [0, 0.1) is 32.4 Å². The number of amides is 1. The largest absolute Gasteiger partial charge is 0.319 e. The van der Waals surface area contributed by atoms with Crippen LogP contribution in [0.4, 0.5) is 14.5 Å². The molecule has 0 radical (unpaired) electrons. The minimum absolute atomic E-state index is 0.254. The number of pyridine rings is 1. The Bertz CT molecular complexity index is 1330. The smallest absolute Gasteiger partial charge is 0.256 e. The molecule has 2 aromatic heterocycles. The number of rotatable bonds is 4. The summed E-state index contributed by atoms with van der Waals surface area (Å²) in [5, 5.41) is 8.16. The molecule has 0 aliphatic heterocycles. The maximum absolute atomic E-state index is 13.5. The second kappa shape index (κ2) is 8.19. The summed E-state index contributed by atoms with van der Waals surface area (Å²) >= 11 is 3.45. The third kappa shape index (κ3) is 4.20. The van der Waals surface area contributed by atoms with Gasteiger partial charge in [0.1, 0.15) is 0 Å². The summed E-state index contributed by atoms with van der Waals surface area (Å²) in [6.07, 6.45) is 0. The number of anilines is 1. The lowest BCUT2D eigenvalue weighted by molar-refractivity contribution is 0.102. The van der Waals surface area contributed by atoms with Crippen LogP contribution in [0.1, 0.15) is 33.0 Å². The first-order valence-corrected chi connectivity index (χ1v) is 10.4. The number of hydrogen-bond acceptors (Lipinski definition) is 3. The van der Waals surface area contributed by atoms with Crippen LogP contribution in [0.2, 0.25) is 0 Å². The molecule has 2 aromatic carbocycles. The average molecular weight is 485 g/mol. The zero-order valence-electron chi connectivity index (χ0n) is 17.1. The molecule has 0 unspecified atom stereocenters. The Morgan fingerprint density at radius 1 is 1.06 bits per heavy atom. The quantitative estimate of drug-likeness (QED) is 0.404. The van der Waals surface area contributed by atoms with E-state index in [2.05, 4.69) is 31.3 Å². The maximum Gasteiger partial charge on any atom is 0.256 e. The Labute approximate surface area is 186 Å². The van der Waals surface area contributed by atoms with Gasteiger partial charge in [-0.15, -0.1) is 0 Å². The lowest BCUT2D eigenvalue weighted by atomic mass is 10.1. The Hall–Kier alpha value is -3.13. The van der Waals surface area contributed by atoms with Gasteiger partial charge in [-0.1, -0.05) is 22.0 Å². The van der Waals surface area contributed by atoms with Crippen LogP contribution in [-0.2, 0) is 6.54 Å². The number of nitrogens with one attached hydrogen (secondary N) is 1. The molecule has 1 amide bonds. The summed E-state index contributed by atoms with van der Waals surface area (Å²) < 4.78 is 29.3. The monoisotopic (exact) mass is 484 g/mol. The van der Waals surface area contributed by atoms with Gasteiger partial charge in [-0.2, -0.15) is 5.10 Å². The molecule has 4 rings (SSSR count). The van der Waals surface area contributed by atoms with Gasteiger partial charge in [0.05, 0.1) is 34.7 Å². The highest BCUT2D eigenvalue weighted by atomic mass is 79.9. The Morgan fingerprint density at radius 2 is 1.84 bits per heavy atom. The summed E-state index contributed by atoms with van der Waals surface area (Å²) in [5.74, 6) is -2.07. The van der Waals surface area contributed by atoms with Crippen molar-refractivity contribution in [1.29, 1.82) is 0 Å². The van der Waals surface area contributed by atoms with E-state index in [1.54, 1.807) is 17.7 Å². The van der Waals surface area contributed by atoms with Crippen molar-refractivity contribution in [3.05, 3.63) is 86.8 Å². The lowest BCUT2D eigenvalue weighted by Gasteiger charge is -2.10. The number of benzene rings is 2. The molecule has 2 heterocycles. The summed E-state index contributed by atoms with van der Waals surface area (Å²) in [6.45, 7) is 5.71. The van der Waals surface area contributed by atoms with E-state index in [1.807, 2.05) is 32.0 Å². The van der Waals surface area contributed by atoms with Crippen LogP contribution in [-0.4, -0.2) is 20.7 Å². The summed E-state index contributed by atoms with van der Waals surface area (Å²) in [7, 11) is 0. The van der Waals surface area contributed by atoms with E-state index >= 15 is 0 Å². The molecule has 0 saturated heterocycles. The van der Waals surface area contributed by atoms with E-state index in [9.17, 15) is 13.6 Å². The number of carbonyl (C=O) groups is 1. The van der Waals surface area contributed by atoms with E-state index < -0.39 is 11.6 Å². The maximum atomic E-state index is 13.5. The number of hydrogen-bond donors (Lipinski definition) is 1. The molecule has 5 nitrogen and oxygen atoms in total. The van der Waals surface area contributed by atoms with E-state index in [1.165, 1.54) is 6.07 Å². The number of aryl methyl sites for hydroxylation is 2. The molecule has 0 atom stereocenters. The summed E-state index contributed by atoms with van der Waals surface area (Å²) in [5.41, 5.74) is 4.49. The van der Waals surface area contributed by atoms with Crippen LogP contribution in [0.5, 0.6) is 0 Å². The third-order valence-corrected chi connectivity index (χ3v) is 5.57. The normalized spacial score (nSPS) is 11.2. The van der Waals surface area contributed by atoms with Gasteiger partial charge in [0.25, 0.3) is 5.91 Å². The van der Waals surface area contributed by atoms with Crippen LogP contribution >= 0.6 is 15.9 Å². The highest BCUT2D eigenvalue weighted by Crippen LogP contribution is 2.26. The highest BCUT2D eigenvalue weighted by Gasteiger charge is 2.18. The minimum atomic E-state index is -0.904. The Balaban J connectivity index is 1.66. The van der Waals surface area contributed by atoms with Crippen molar-refractivity contribution in [2.75, 3.05) is 5.32 Å². The van der Waals surface area contributed by atoms with Crippen LogP contribution in [0.3, 0.4) is 0 Å². The van der Waals surface area contributed by atoms with Crippen molar-refractivity contribution in [1.82, 2.24) is 14.8 Å². The van der Waals surface area contributed by atoms with Crippen LogP contribution in [0.25, 0.3) is 10.9 Å². The fourth-order valence-electron chi connectivity index (χ4n) is 3.54. The Morgan fingerprint density at radius 3 is 2.58 bits per heavy atom. The SMILES string of the molecule is Cc1cc(C(=O)Nc2c(C)nn(Cc3ccc(F)c(F)c3)c2C)c2cc(Br)ccc2n1. The first-order chi connectivity index (χ1) is 14.7.